The standard InChI is InChI=1S/C15H14BrF2NO/c1-8-7-9(20-2)3-4-10(8)15(19)11-5-6-12(17)14(18)13(11)16/h3-7,15H,19H2,1-2H3. The van der Waals surface area contributed by atoms with Crippen LogP contribution < -0.4 is 10.5 Å². The van der Waals surface area contributed by atoms with E-state index in [4.69, 9.17) is 10.5 Å². The Morgan fingerprint density at radius 2 is 1.80 bits per heavy atom. The van der Waals surface area contributed by atoms with Crippen molar-refractivity contribution in [2.75, 3.05) is 7.11 Å². The summed E-state index contributed by atoms with van der Waals surface area (Å²) >= 11 is 3.06. The highest BCUT2D eigenvalue weighted by atomic mass is 79.9. The molecule has 0 aliphatic rings. The van der Waals surface area contributed by atoms with Crippen LogP contribution in [0.1, 0.15) is 22.7 Å². The van der Waals surface area contributed by atoms with Crippen LogP contribution >= 0.6 is 15.9 Å². The molecule has 0 radical (unpaired) electrons. The highest BCUT2D eigenvalue weighted by molar-refractivity contribution is 9.10. The first-order valence-electron chi connectivity index (χ1n) is 5.99. The van der Waals surface area contributed by atoms with Crippen LogP contribution in [-0.4, -0.2) is 7.11 Å². The van der Waals surface area contributed by atoms with Crippen LogP contribution in [0.25, 0.3) is 0 Å². The molecule has 2 nitrogen and oxygen atoms in total. The monoisotopic (exact) mass is 341 g/mol. The molecule has 0 bridgehead atoms. The van der Waals surface area contributed by atoms with Crippen LogP contribution in [0.15, 0.2) is 34.8 Å². The van der Waals surface area contributed by atoms with Crippen molar-refractivity contribution in [3.05, 3.63) is 63.1 Å². The summed E-state index contributed by atoms with van der Waals surface area (Å²) in [4.78, 5) is 0. The highest BCUT2D eigenvalue weighted by Gasteiger charge is 2.19. The topological polar surface area (TPSA) is 35.2 Å². The second kappa shape index (κ2) is 5.89. The minimum atomic E-state index is -0.927. The molecule has 0 heterocycles. The maximum absolute atomic E-state index is 13.6. The van der Waals surface area contributed by atoms with Crippen molar-refractivity contribution >= 4 is 15.9 Å². The number of hydrogen-bond acceptors (Lipinski definition) is 2. The average Bonchev–Trinajstić information content (AvgIpc) is 2.44. The van der Waals surface area contributed by atoms with Gasteiger partial charge in [-0.2, -0.15) is 0 Å². The number of rotatable bonds is 3. The highest BCUT2D eigenvalue weighted by Crippen LogP contribution is 2.32. The third kappa shape index (κ3) is 2.69. The number of nitrogens with two attached hydrogens (primary N) is 1. The van der Waals surface area contributed by atoms with Gasteiger partial charge in [-0.15, -0.1) is 0 Å². The van der Waals surface area contributed by atoms with Gasteiger partial charge in [0.1, 0.15) is 5.75 Å². The maximum Gasteiger partial charge on any atom is 0.173 e. The molecule has 0 saturated heterocycles. The van der Waals surface area contributed by atoms with Crippen molar-refractivity contribution in [1.82, 2.24) is 0 Å². The van der Waals surface area contributed by atoms with Crippen LogP contribution in [0.3, 0.4) is 0 Å². The van der Waals surface area contributed by atoms with Crippen LogP contribution in [0.5, 0.6) is 5.75 Å². The first-order valence-corrected chi connectivity index (χ1v) is 6.78. The van der Waals surface area contributed by atoms with E-state index < -0.39 is 17.7 Å². The Bertz CT molecular complexity index is 646. The van der Waals surface area contributed by atoms with Gasteiger partial charge in [0.2, 0.25) is 0 Å². The zero-order valence-electron chi connectivity index (χ0n) is 11.1. The molecule has 0 aliphatic carbocycles. The predicted molar refractivity (Wildman–Crippen MR) is 77.8 cm³/mol. The summed E-state index contributed by atoms with van der Waals surface area (Å²) in [6.07, 6.45) is 0. The number of halogens is 3. The second-order valence-corrected chi connectivity index (χ2v) is 5.26. The van der Waals surface area contributed by atoms with Crippen LogP contribution in [0.4, 0.5) is 8.78 Å². The Morgan fingerprint density at radius 3 is 2.40 bits per heavy atom. The van der Waals surface area contributed by atoms with Gasteiger partial charge in [0.05, 0.1) is 17.6 Å². The van der Waals surface area contributed by atoms with Gasteiger partial charge in [0.25, 0.3) is 0 Å². The fourth-order valence-electron chi connectivity index (χ4n) is 2.07. The molecule has 5 heteroatoms. The number of benzene rings is 2. The van der Waals surface area contributed by atoms with E-state index in [1.807, 2.05) is 19.1 Å². The number of methoxy groups -OCH3 is 1. The van der Waals surface area contributed by atoms with Gasteiger partial charge in [-0.1, -0.05) is 12.1 Å². The lowest BCUT2D eigenvalue weighted by Crippen LogP contribution is -2.14. The van der Waals surface area contributed by atoms with Crippen LogP contribution in [0, 0.1) is 18.6 Å². The maximum atomic E-state index is 13.6. The van der Waals surface area contributed by atoms with Gasteiger partial charge in [-0.25, -0.2) is 8.78 Å². The Kier molecular flexibility index (Phi) is 4.40. The molecule has 1 unspecified atom stereocenters. The molecule has 2 aromatic rings. The largest absolute Gasteiger partial charge is 0.497 e. The molecule has 0 amide bonds. The zero-order chi connectivity index (χ0) is 14.9. The number of aryl methyl sites for hydroxylation is 1. The molecule has 2 aromatic carbocycles. The molecule has 0 aromatic heterocycles. The lowest BCUT2D eigenvalue weighted by Gasteiger charge is -2.18. The van der Waals surface area contributed by atoms with Crippen molar-refractivity contribution in [2.45, 2.75) is 13.0 Å². The number of ether oxygens (including phenoxy) is 1. The minimum absolute atomic E-state index is 0.0558. The lowest BCUT2D eigenvalue weighted by atomic mass is 9.95. The van der Waals surface area contributed by atoms with Gasteiger partial charge >= 0.3 is 0 Å². The molecule has 0 spiro atoms. The summed E-state index contributed by atoms with van der Waals surface area (Å²) in [5.41, 5.74) is 8.42. The summed E-state index contributed by atoms with van der Waals surface area (Å²) in [6.45, 7) is 1.89. The summed E-state index contributed by atoms with van der Waals surface area (Å²) in [5, 5.41) is 0. The van der Waals surface area contributed by atoms with E-state index in [0.717, 1.165) is 22.9 Å². The summed E-state index contributed by atoms with van der Waals surface area (Å²) in [6, 6.07) is 7.47. The first kappa shape index (κ1) is 14.9. The molecule has 2 N–H and O–H groups in total. The fourth-order valence-corrected chi connectivity index (χ4v) is 2.64. The first-order chi connectivity index (χ1) is 9.45. The molecule has 106 valence electrons. The average molecular weight is 342 g/mol. The van der Waals surface area contributed by atoms with Gasteiger partial charge in [0.15, 0.2) is 11.6 Å². The number of hydrogen-bond donors (Lipinski definition) is 1. The van der Waals surface area contributed by atoms with Crippen molar-refractivity contribution in [1.29, 1.82) is 0 Å². The van der Waals surface area contributed by atoms with E-state index in [1.165, 1.54) is 6.07 Å². The SMILES string of the molecule is COc1ccc(C(N)c2ccc(F)c(F)c2Br)c(C)c1. The molecule has 0 saturated carbocycles. The smallest absolute Gasteiger partial charge is 0.173 e. The molecule has 20 heavy (non-hydrogen) atoms. The zero-order valence-corrected chi connectivity index (χ0v) is 12.7. The minimum Gasteiger partial charge on any atom is -0.497 e. The summed E-state index contributed by atoms with van der Waals surface area (Å²) in [5.74, 6) is -1.11. The Hall–Kier alpha value is -1.46. The van der Waals surface area contributed by atoms with E-state index in [0.29, 0.717) is 5.56 Å². The fraction of sp³-hybridized carbons (Fsp3) is 0.200. The molecule has 1 atom stereocenters. The predicted octanol–water partition coefficient (Wildman–Crippen LogP) is 4.09. The van der Waals surface area contributed by atoms with Gasteiger partial charge in [-0.3, -0.25) is 0 Å². The lowest BCUT2D eigenvalue weighted by molar-refractivity contribution is 0.414. The van der Waals surface area contributed by atoms with E-state index in [1.54, 1.807) is 13.2 Å². The van der Waals surface area contributed by atoms with E-state index in [-0.39, 0.29) is 4.47 Å². The van der Waals surface area contributed by atoms with E-state index in [2.05, 4.69) is 15.9 Å². The molecule has 0 fully saturated rings. The second-order valence-electron chi connectivity index (χ2n) is 4.46. The Morgan fingerprint density at radius 1 is 1.15 bits per heavy atom. The molecular formula is C15H14BrF2NO. The van der Waals surface area contributed by atoms with Gasteiger partial charge in [-0.05, 0) is 57.7 Å². The normalized spacial score (nSPS) is 12.3. The quantitative estimate of drug-likeness (QED) is 0.853. The van der Waals surface area contributed by atoms with Crippen molar-refractivity contribution in [3.8, 4) is 5.75 Å². The summed E-state index contributed by atoms with van der Waals surface area (Å²) < 4.78 is 31.9. The van der Waals surface area contributed by atoms with Gasteiger partial charge < -0.3 is 10.5 Å². The Balaban J connectivity index is 2.46. The van der Waals surface area contributed by atoms with E-state index >= 15 is 0 Å². The third-order valence-corrected chi connectivity index (χ3v) is 4.02. The molecular weight excluding hydrogens is 328 g/mol. The van der Waals surface area contributed by atoms with Crippen LogP contribution in [-0.2, 0) is 0 Å². The van der Waals surface area contributed by atoms with Crippen LogP contribution in [0.2, 0.25) is 0 Å². The molecule has 0 aliphatic heterocycles. The third-order valence-electron chi connectivity index (χ3n) is 3.21. The van der Waals surface area contributed by atoms with Crippen molar-refractivity contribution in [2.24, 2.45) is 5.73 Å². The van der Waals surface area contributed by atoms with Gasteiger partial charge in [0, 0.05) is 0 Å². The Labute approximate surface area is 124 Å². The van der Waals surface area contributed by atoms with Crippen molar-refractivity contribution < 1.29 is 13.5 Å². The van der Waals surface area contributed by atoms with E-state index in [9.17, 15) is 8.78 Å². The molecule has 2 rings (SSSR count). The van der Waals surface area contributed by atoms with Crippen molar-refractivity contribution in [3.63, 3.8) is 0 Å². The summed E-state index contributed by atoms with van der Waals surface area (Å²) in [7, 11) is 1.58.